The fraction of sp³-hybridized carbons (Fsp3) is 0.447. The second-order valence-electron chi connectivity index (χ2n) is 16.1. The maximum Gasteiger partial charge on any atom is 0.0855 e. The zero-order valence-electron chi connectivity index (χ0n) is 32.1. The fourth-order valence-electron chi connectivity index (χ4n) is 8.36. The van der Waals surface area contributed by atoms with Crippen LogP contribution >= 0.6 is 0 Å². The van der Waals surface area contributed by atoms with E-state index in [0.29, 0.717) is 12.3 Å². The Morgan fingerprint density at radius 3 is 2.18 bits per heavy atom. The highest BCUT2D eigenvalue weighted by Crippen LogP contribution is 2.54. The third-order valence-corrected chi connectivity index (χ3v) is 12.0. The molecule has 0 fully saturated rings. The maximum absolute atomic E-state index is 11.2. The Hall–Kier alpha value is -3.66. The van der Waals surface area contributed by atoms with E-state index in [4.69, 9.17) is 4.74 Å². The van der Waals surface area contributed by atoms with Crippen LogP contribution in [0.2, 0.25) is 0 Å². The summed E-state index contributed by atoms with van der Waals surface area (Å²) in [6, 6.07) is 31.8. The van der Waals surface area contributed by atoms with Crippen molar-refractivity contribution in [1.29, 1.82) is 0 Å². The lowest BCUT2D eigenvalue weighted by molar-refractivity contribution is -0.0865. The molecule has 1 aliphatic heterocycles. The van der Waals surface area contributed by atoms with E-state index in [0.717, 1.165) is 12.8 Å². The molecule has 4 aromatic rings. The first kappa shape index (κ1) is 36.1. The summed E-state index contributed by atoms with van der Waals surface area (Å²) in [6.07, 6.45) is 4.62. The molecule has 0 aromatic heterocycles. The van der Waals surface area contributed by atoms with Crippen molar-refractivity contribution in [2.75, 3.05) is 11.9 Å². The number of likely N-dealkylation sites (N-methyl/N-ethyl adjacent to an activating group) is 1. The van der Waals surface area contributed by atoms with Crippen molar-refractivity contribution in [2.24, 2.45) is 17.8 Å². The van der Waals surface area contributed by atoms with E-state index in [1.807, 2.05) is 0 Å². The lowest BCUT2D eigenvalue weighted by Crippen LogP contribution is -2.33. The monoisotopic (exact) mass is 669 g/mol. The summed E-state index contributed by atoms with van der Waals surface area (Å²) in [5, 5.41) is 11.2. The van der Waals surface area contributed by atoms with E-state index in [1.54, 1.807) is 0 Å². The molecular formula is C47H59NO2. The Morgan fingerprint density at radius 1 is 0.780 bits per heavy atom. The van der Waals surface area contributed by atoms with Gasteiger partial charge in [-0.25, -0.2) is 0 Å². The molecule has 3 heteroatoms. The maximum atomic E-state index is 11.2. The number of benzene rings is 4. The van der Waals surface area contributed by atoms with Crippen molar-refractivity contribution in [3.05, 3.63) is 130 Å². The number of aliphatic hydroxyl groups is 1. The van der Waals surface area contributed by atoms with Gasteiger partial charge in [-0.2, -0.15) is 0 Å². The SMILES string of the molecule is CCC(C)C(O)CC(O[C@H](c1ccccc1C1C=C(c2cccc(C)c2)c2cc3c(cc2N1C)C(C)(C)c1ccccc1-3)C(C)C)C(C)CC. The molecule has 6 rings (SSSR count). The number of nitrogens with zero attached hydrogens (tertiary/aromatic N) is 1. The predicted octanol–water partition coefficient (Wildman–Crippen LogP) is 11.8. The van der Waals surface area contributed by atoms with Gasteiger partial charge in [0.25, 0.3) is 0 Å². The van der Waals surface area contributed by atoms with Crippen LogP contribution in [0.25, 0.3) is 16.7 Å². The minimum atomic E-state index is -0.375. The van der Waals surface area contributed by atoms with E-state index >= 15 is 0 Å². The van der Waals surface area contributed by atoms with E-state index in [2.05, 4.69) is 165 Å². The molecule has 0 amide bonds. The van der Waals surface area contributed by atoms with Crippen molar-refractivity contribution in [3.63, 3.8) is 0 Å². The van der Waals surface area contributed by atoms with Gasteiger partial charge in [0.15, 0.2) is 0 Å². The zero-order chi connectivity index (χ0) is 35.9. The molecule has 0 saturated carbocycles. The molecule has 6 atom stereocenters. The Balaban J connectivity index is 1.49. The molecule has 0 saturated heterocycles. The Bertz CT molecular complexity index is 1850. The first-order valence-corrected chi connectivity index (χ1v) is 19.1. The van der Waals surface area contributed by atoms with Gasteiger partial charge in [0.05, 0.1) is 24.4 Å². The van der Waals surface area contributed by atoms with Gasteiger partial charge >= 0.3 is 0 Å². The number of anilines is 1. The highest BCUT2D eigenvalue weighted by Gasteiger charge is 2.39. The summed E-state index contributed by atoms with van der Waals surface area (Å²) in [6.45, 7) is 20.3. The van der Waals surface area contributed by atoms with E-state index in [1.165, 1.54) is 61.3 Å². The van der Waals surface area contributed by atoms with Gasteiger partial charge in [-0.15, -0.1) is 0 Å². The molecule has 4 aromatic carbocycles. The molecule has 1 N–H and O–H groups in total. The fourth-order valence-corrected chi connectivity index (χ4v) is 8.36. The number of hydrogen-bond donors (Lipinski definition) is 1. The molecule has 0 spiro atoms. The van der Waals surface area contributed by atoms with Crippen LogP contribution in [0.1, 0.15) is 126 Å². The summed E-state index contributed by atoms with van der Waals surface area (Å²) >= 11 is 0. The average Bonchev–Trinajstić information content (AvgIpc) is 3.34. The Labute approximate surface area is 302 Å². The van der Waals surface area contributed by atoms with Crippen molar-refractivity contribution in [1.82, 2.24) is 0 Å². The van der Waals surface area contributed by atoms with Crippen LogP contribution in [0.3, 0.4) is 0 Å². The zero-order valence-corrected chi connectivity index (χ0v) is 32.1. The summed E-state index contributed by atoms with van der Waals surface area (Å²) < 4.78 is 7.20. The molecule has 50 heavy (non-hydrogen) atoms. The number of aliphatic hydroxyl groups excluding tert-OH is 1. The topological polar surface area (TPSA) is 32.7 Å². The van der Waals surface area contributed by atoms with Crippen LogP contribution in [0.4, 0.5) is 5.69 Å². The van der Waals surface area contributed by atoms with Crippen molar-refractivity contribution in [3.8, 4) is 11.1 Å². The molecule has 2 aliphatic rings. The largest absolute Gasteiger partial charge is 0.393 e. The summed E-state index contributed by atoms with van der Waals surface area (Å²) in [5.74, 6) is 0.844. The Morgan fingerprint density at radius 2 is 1.48 bits per heavy atom. The Kier molecular flexibility index (Phi) is 10.5. The molecule has 1 aliphatic carbocycles. The van der Waals surface area contributed by atoms with Crippen LogP contribution in [0.5, 0.6) is 0 Å². The third-order valence-electron chi connectivity index (χ3n) is 12.0. The second-order valence-corrected chi connectivity index (χ2v) is 16.1. The van der Waals surface area contributed by atoms with Crippen molar-refractivity contribution in [2.45, 2.75) is 111 Å². The van der Waals surface area contributed by atoms with E-state index < -0.39 is 0 Å². The molecule has 264 valence electrons. The number of aryl methyl sites for hydroxylation is 1. The van der Waals surface area contributed by atoms with Crippen LogP contribution in [0.15, 0.2) is 91.0 Å². The van der Waals surface area contributed by atoms with E-state index in [-0.39, 0.29) is 41.6 Å². The summed E-state index contributed by atoms with van der Waals surface area (Å²) in [4.78, 5) is 2.49. The van der Waals surface area contributed by atoms with Crippen molar-refractivity contribution >= 4 is 11.3 Å². The number of fused-ring (bicyclic) bond motifs is 4. The number of hydrogen-bond acceptors (Lipinski definition) is 3. The standard InChI is InChI=1S/C47H59NO2/c1-11-31(6)44(49)28-45(32(7)12-2)50-46(29(3)4)36-22-14-13-21-35(36)42-26-37(33-19-17-18-30(5)24-33)39-25-38-34-20-15-16-23-40(34)47(8,9)41(38)27-43(39)48(42)10/h13-27,29,31-32,42,44-46,49H,11-12,28H2,1-10H3/t31?,32?,42?,44?,45?,46-/m0/s1. The molecular weight excluding hydrogens is 611 g/mol. The third kappa shape index (κ3) is 6.60. The van der Waals surface area contributed by atoms with Gasteiger partial charge in [0, 0.05) is 30.1 Å². The molecule has 5 unspecified atom stereocenters. The minimum Gasteiger partial charge on any atom is -0.393 e. The minimum absolute atomic E-state index is 0.0109. The predicted molar refractivity (Wildman–Crippen MR) is 212 cm³/mol. The first-order chi connectivity index (χ1) is 23.9. The van der Waals surface area contributed by atoms with Crippen LogP contribution in [-0.2, 0) is 10.2 Å². The molecule has 0 radical (unpaired) electrons. The first-order valence-electron chi connectivity index (χ1n) is 19.1. The van der Waals surface area contributed by atoms with Crippen molar-refractivity contribution < 1.29 is 9.84 Å². The van der Waals surface area contributed by atoms with Gasteiger partial charge in [0.1, 0.15) is 0 Å². The van der Waals surface area contributed by atoms with Crippen LogP contribution < -0.4 is 4.90 Å². The quantitative estimate of drug-likeness (QED) is 0.163. The summed E-state index contributed by atoms with van der Waals surface area (Å²) in [7, 11) is 2.26. The molecule has 0 bridgehead atoms. The van der Waals surface area contributed by atoms with E-state index in [9.17, 15) is 5.11 Å². The smallest absolute Gasteiger partial charge is 0.0855 e. The highest BCUT2D eigenvalue weighted by molar-refractivity contribution is 5.95. The molecule has 3 nitrogen and oxygen atoms in total. The van der Waals surface area contributed by atoms with Gasteiger partial charge in [-0.05, 0) is 87.4 Å². The van der Waals surface area contributed by atoms with Gasteiger partial charge in [0.2, 0.25) is 0 Å². The van der Waals surface area contributed by atoms with Gasteiger partial charge in [-0.1, -0.05) is 147 Å². The number of rotatable bonds is 12. The van der Waals surface area contributed by atoms with Gasteiger partial charge in [-0.3, -0.25) is 0 Å². The summed E-state index contributed by atoms with van der Waals surface area (Å²) in [5.41, 5.74) is 14.3. The molecule has 1 heterocycles. The lowest BCUT2D eigenvalue weighted by Gasteiger charge is -2.39. The van der Waals surface area contributed by atoms with Crippen LogP contribution in [0, 0.1) is 24.7 Å². The lowest BCUT2D eigenvalue weighted by atomic mass is 9.79. The highest BCUT2D eigenvalue weighted by atomic mass is 16.5. The van der Waals surface area contributed by atoms with Crippen LogP contribution in [-0.4, -0.2) is 24.4 Å². The van der Waals surface area contributed by atoms with Gasteiger partial charge < -0.3 is 14.7 Å². The second kappa shape index (κ2) is 14.5. The normalized spacial score (nSPS) is 19.2. The average molecular weight is 670 g/mol. The number of ether oxygens (including phenoxy) is 1.